The number of anilines is 2. The first-order valence-corrected chi connectivity index (χ1v) is 6.79. The number of nitrogens with two attached hydrogens (primary N) is 1. The second-order valence-electron chi connectivity index (χ2n) is 4.82. The van der Waals surface area contributed by atoms with E-state index in [4.69, 9.17) is 11.0 Å². The van der Waals surface area contributed by atoms with Crippen LogP contribution in [-0.4, -0.2) is 22.9 Å². The Morgan fingerprint density at radius 2 is 2.06 bits per heavy atom. The molecule has 5 nitrogen and oxygen atoms in total. The molecule has 1 aromatic heterocycles. The molecule has 0 atom stereocenters. The maximum absolute atomic E-state index is 9.05. The zero-order valence-corrected chi connectivity index (χ0v) is 11.0. The van der Waals surface area contributed by atoms with Crippen molar-refractivity contribution in [2.45, 2.75) is 45.6 Å². The average Bonchev–Trinajstić information content (AvgIpc) is 2.97. The van der Waals surface area contributed by atoms with Crippen LogP contribution in [0, 0.1) is 11.3 Å². The van der Waals surface area contributed by atoms with E-state index >= 15 is 0 Å². The first-order chi connectivity index (χ1) is 8.77. The van der Waals surface area contributed by atoms with E-state index in [1.807, 2.05) is 4.68 Å². The van der Waals surface area contributed by atoms with Crippen molar-refractivity contribution in [3.8, 4) is 6.07 Å². The van der Waals surface area contributed by atoms with Crippen molar-refractivity contribution in [3.05, 3.63) is 5.69 Å². The predicted octanol–water partition coefficient (Wildman–Crippen LogP) is 2.13. The molecule has 0 aromatic carbocycles. The molecule has 0 amide bonds. The number of nitrogen functional groups attached to an aromatic ring is 1. The molecule has 1 aliphatic heterocycles. The number of nitriles is 1. The minimum atomic E-state index is 0.369. The van der Waals surface area contributed by atoms with E-state index in [0.717, 1.165) is 31.9 Å². The fourth-order valence-electron chi connectivity index (χ4n) is 2.48. The molecule has 0 spiro atoms. The number of unbranched alkanes of at least 4 members (excludes halogenated alkanes) is 2. The summed E-state index contributed by atoms with van der Waals surface area (Å²) in [6.45, 7) is 5.08. The highest BCUT2D eigenvalue weighted by Crippen LogP contribution is 2.29. The van der Waals surface area contributed by atoms with Crippen LogP contribution < -0.4 is 10.6 Å². The lowest BCUT2D eigenvalue weighted by atomic mass is 10.2. The van der Waals surface area contributed by atoms with Crippen LogP contribution in [0.25, 0.3) is 0 Å². The van der Waals surface area contributed by atoms with Gasteiger partial charge in [0.1, 0.15) is 11.8 Å². The quantitative estimate of drug-likeness (QED) is 0.809. The van der Waals surface area contributed by atoms with Crippen molar-refractivity contribution in [2.24, 2.45) is 0 Å². The average molecular weight is 247 g/mol. The van der Waals surface area contributed by atoms with Gasteiger partial charge in [0.05, 0.1) is 0 Å². The van der Waals surface area contributed by atoms with Gasteiger partial charge in [-0.15, -0.1) is 0 Å². The number of hydrogen-bond acceptors (Lipinski definition) is 4. The van der Waals surface area contributed by atoms with Crippen molar-refractivity contribution in [1.29, 1.82) is 5.26 Å². The molecule has 0 aliphatic carbocycles. The Balaban J connectivity index is 2.23. The molecule has 1 aliphatic rings. The Morgan fingerprint density at radius 1 is 1.33 bits per heavy atom. The Hall–Kier alpha value is -1.70. The molecule has 18 heavy (non-hydrogen) atoms. The van der Waals surface area contributed by atoms with Crippen LogP contribution in [0.5, 0.6) is 0 Å². The molecule has 2 heterocycles. The summed E-state index contributed by atoms with van der Waals surface area (Å²) in [5.74, 6) is 0.958. The highest BCUT2D eigenvalue weighted by atomic mass is 15.4. The monoisotopic (exact) mass is 247 g/mol. The first-order valence-electron chi connectivity index (χ1n) is 6.79. The van der Waals surface area contributed by atoms with Crippen molar-refractivity contribution < 1.29 is 0 Å². The molecule has 5 heteroatoms. The third-order valence-electron chi connectivity index (χ3n) is 3.45. The van der Waals surface area contributed by atoms with E-state index in [-0.39, 0.29) is 0 Å². The van der Waals surface area contributed by atoms with Crippen molar-refractivity contribution in [2.75, 3.05) is 23.7 Å². The lowest BCUT2D eigenvalue weighted by Crippen LogP contribution is -2.22. The van der Waals surface area contributed by atoms with Gasteiger partial charge in [0.15, 0.2) is 11.5 Å². The molecule has 98 valence electrons. The summed E-state index contributed by atoms with van der Waals surface area (Å²) in [6.07, 6.45) is 5.84. The molecule has 2 rings (SSSR count). The summed E-state index contributed by atoms with van der Waals surface area (Å²) < 4.78 is 1.93. The normalized spacial score (nSPS) is 15.0. The number of aromatic nitrogens is 2. The standard InChI is InChI=1S/C13H21N5/c1-2-3-4-9-18-13(17-7-5-6-8-17)12(15)11(10-14)16-18/h2-9,15H2,1H3. The van der Waals surface area contributed by atoms with Gasteiger partial charge in [0.2, 0.25) is 0 Å². The second-order valence-corrected chi connectivity index (χ2v) is 4.82. The van der Waals surface area contributed by atoms with Crippen LogP contribution in [0.2, 0.25) is 0 Å². The maximum Gasteiger partial charge on any atom is 0.187 e. The second kappa shape index (κ2) is 5.76. The van der Waals surface area contributed by atoms with Gasteiger partial charge in [-0.3, -0.25) is 0 Å². The van der Waals surface area contributed by atoms with Crippen LogP contribution in [-0.2, 0) is 6.54 Å². The summed E-state index contributed by atoms with van der Waals surface area (Å²) in [5, 5.41) is 13.4. The van der Waals surface area contributed by atoms with E-state index in [0.29, 0.717) is 11.4 Å². The van der Waals surface area contributed by atoms with Gasteiger partial charge in [0.25, 0.3) is 0 Å². The first kappa shape index (κ1) is 12.7. The Labute approximate surface area is 108 Å². The van der Waals surface area contributed by atoms with E-state index < -0.39 is 0 Å². The Morgan fingerprint density at radius 3 is 2.67 bits per heavy atom. The summed E-state index contributed by atoms with van der Waals surface area (Å²) >= 11 is 0. The lowest BCUT2D eigenvalue weighted by molar-refractivity contribution is 0.549. The topological polar surface area (TPSA) is 70.9 Å². The van der Waals surface area contributed by atoms with Crippen LogP contribution in [0.3, 0.4) is 0 Å². The number of aryl methyl sites for hydroxylation is 1. The maximum atomic E-state index is 9.05. The molecule has 2 N–H and O–H groups in total. The van der Waals surface area contributed by atoms with Gasteiger partial charge in [-0.05, 0) is 19.3 Å². The molecule has 0 radical (unpaired) electrons. The highest BCUT2D eigenvalue weighted by molar-refractivity contribution is 5.69. The highest BCUT2D eigenvalue weighted by Gasteiger charge is 2.22. The lowest BCUT2D eigenvalue weighted by Gasteiger charge is -2.19. The fourth-order valence-corrected chi connectivity index (χ4v) is 2.48. The third kappa shape index (κ3) is 2.42. The summed E-state index contributed by atoms with van der Waals surface area (Å²) in [5.41, 5.74) is 6.97. The van der Waals surface area contributed by atoms with Crippen molar-refractivity contribution >= 4 is 11.5 Å². The van der Waals surface area contributed by atoms with Gasteiger partial charge in [-0.25, -0.2) is 4.68 Å². The van der Waals surface area contributed by atoms with E-state index in [1.165, 1.54) is 25.7 Å². The zero-order chi connectivity index (χ0) is 13.0. The molecular formula is C13H21N5. The number of nitrogens with zero attached hydrogens (tertiary/aromatic N) is 4. The minimum Gasteiger partial charge on any atom is -0.393 e. The molecule has 1 saturated heterocycles. The smallest absolute Gasteiger partial charge is 0.187 e. The molecule has 1 aromatic rings. The largest absolute Gasteiger partial charge is 0.393 e. The summed E-state index contributed by atoms with van der Waals surface area (Å²) in [4.78, 5) is 2.26. The predicted molar refractivity (Wildman–Crippen MR) is 72.3 cm³/mol. The molecule has 0 bridgehead atoms. The molecule has 0 saturated carbocycles. The van der Waals surface area contributed by atoms with E-state index in [1.54, 1.807) is 0 Å². The fraction of sp³-hybridized carbons (Fsp3) is 0.692. The number of hydrogen-bond donors (Lipinski definition) is 1. The van der Waals surface area contributed by atoms with Crippen LogP contribution >= 0.6 is 0 Å². The Bertz CT molecular complexity index is 437. The summed E-state index contributed by atoms with van der Waals surface area (Å²) in [6, 6.07) is 2.09. The minimum absolute atomic E-state index is 0.369. The van der Waals surface area contributed by atoms with E-state index in [2.05, 4.69) is 23.0 Å². The van der Waals surface area contributed by atoms with Crippen LogP contribution in [0.1, 0.15) is 44.7 Å². The summed E-state index contributed by atoms with van der Waals surface area (Å²) in [7, 11) is 0. The molecule has 1 fully saturated rings. The van der Waals surface area contributed by atoms with Gasteiger partial charge in [0, 0.05) is 19.6 Å². The molecular weight excluding hydrogens is 226 g/mol. The zero-order valence-electron chi connectivity index (χ0n) is 11.0. The van der Waals surface area contributed by atoms with Gasteiger partial charge in [-0.2, -0.15) is 10.4 Å². The third-order valence-corrected chi connectivity index (χ3v) is 3.45. The van der Waals surface area contributed by atoms with Gasteiger partial charge in [-0.1, -0.05) is 19.8 Å². The van der Waals surface area contributed by atoms with Crippen LogP contribution in [0.15, 0.2) is 0 Å². The number of rotatable bonds is 5. The van der Waals surface area contributed by atoms with Crippen molar-refractivity contribution in [3.63, 3.8) is 0 Å². The van der Waals surface area contributed by atoms with Crippen LogP contribution in [0.4, 0.5) is 11.5 Å². The SMILES string of the molecule is CCCCCn1nc(C#N)c(N)c1N1CCCC1. The van der Waals surface area contributed by atoms with Gasteiger partial charge < -0.3 is 10.6 Å². The Kier molecular flexibility index (Phi) is 4.08. The van der Waals surface area contributed by atoms with Gasteiger partial charge >= 0.3 is 0 Å². The van der Waals surface area contributed by atoms with Crippen molar-refractivity contribution in [1.82, 2.24) is 9.78 Å². The van der Waals surface area contributed by atoms with E-state index in [9.17, 15) is 0 Å². The molecule has 0 unspecified atom stereocenters.